The van der Waals surface area contributed by atoms with Gasteiger partial charge in [-0.25, -0.2) is 0 Å². The van der Waals surface area contributed by atoms with Crippen molar-refractivity contribution >= 4 is 11.7 Å². The molecule has 1 heterocycles. The molecule has 0 radical (unpaired) electrons. The maximum absolute atomic E-state index is 6.23. The van der Waals surface area contributed by atoms with Crippen LogP contribution in [0.4, 0.5) is 0 Å². The van der Waals surface area contributed by atoms with Gasteiger partial charge >= 0.3 is 0 Å². The summed E-state index contributed by atoms with van der Waals surface area (Å²) in [6.07, 6.45) is 5.60. The Hall–Kier alpha value is -0.480. The van der Waals surface area contributed by atoms with Crippen LogP contribution in [0.15, 0.2) is 6.20 Å². The third-order valence-corrected chi connectivity index (χ3v) is 4.36. The molecule has 1 fully saturated rings. The molecule has 1 aromatic rings. The molecule has 1 aliphatic carbocycles. The molecule has 0 saturated heterocycles. The summed E-state index contributed by atoms with van der Waals surface area (Å²) >= 11 is 1.25. The van der Waals surface area contributed by atoms with E-state index in [9.17, 15) is 0 Å². The summed E-state index contributed by atoms with van der Waals surface area (Å²) in [4.78, 5) is 0. The fourth-order valence-corrected chi connectivity index (χ4v) is 2.94. The Kier molecular flexibility index (Phi) is 3.36. The van der Waals surface area contributed by atoms with Gasteiger partial charge in [-0.3, -0.25) is 0 Å². The topological polar surface area (TPSA) is 51.8 Å². The quantitative estimate of drug-likeness (QED) is 0.841. The van der Waals surface area contributed by atoms with Crippen molar-refractivity contribution in [1.29, 1.82) is 0 Å². The summed E-state index contributed by atoms with van der Waals surface area (Å²) in [5.41, 5.74) is 7.20. The lowest BCUT2D eigenvalue weighted by Gasteiger charge is -2.34. The SMILES string of the molecule is CC1CCC(C(N)c2cnsn2)CC1C. The Labute approximate surface area is 95.4 Å². The monoisotopic (exact) mass is 225 g/mol. The Morgan fingerprint density at radius 2 is 2.20 bits per heavy atom. The molecule has 84 valence electrons. The minimum absolute atomic E-state index is 0.0960. The van der Waals surface area contributed by atoms with Crippen LogP contribution < -0.4 is 5.73 Å². The third kappa shape index (κ3) is 2.37. The number of aromatic nitrogens is 2. The molecule has 0 spiro atoms. The predicted octanol–water partition coefficient (Wildman–Crippen LogP) is 2.61. The molecule has 4 unspecified atom stereocenters. The minimum Gasteiger partial charge on any atom is -0.322 e. The molecule has 15 heavy (non-hydrogen) atoms. The van der Waals surface area contributed by atoms with Gasteiger partial charge in [0.25, 0.3) is 0 Å². The van der Waals surface area contributed by atoms with Gasteiger partial charge in [-0.15, -0.1) is 0 Å². The predicted molar refractivity (Wildman–Crippen MR) is 62.5 cm³/mol. The van der Waals surface area contributed by atoms with E-state index in [2.05, 4.69) is 22.6 Å². The largest absolute Gasteiger partial charge is 0.322 e. The number of hydrogen-bond donors (Lipinski definition) is 1. The van der Waals surface area contributed by atoms with Crippen LogP contribution in [0.5, 0.6) is 0 Å². The van der Waals surface area contributed by atoms with Gasteiger partial charge in [0.05, 0.1) is 29.7 Å². The second-order valence-corrected chi connectivity index (χ2v) is 5.44. The summed E-state index contributed by atoms with van der Waals surface area (Å²) in [7, 11) is 0. The molecular formula is C11H19N3S. The highest BCUT2D eigenvalue weighted by molar-refractivity contribution is 6.99. The van der Waals surface area contributed by atoms with Gasteiger partial charge in [0.2, 0.25) is 0 Å². The number of rotatable bonds is 2. The fraction of sp³-hybridized carbons (Fsp3) is 0.818. The first kappa shape index (κ1) is 11.0. The van der Waals surface area contributed by atoms with E-state index in [1.807, 2.05) is 6.20 Å². The average Bonchev–Trinajstić information content (AvgIpc) is 2.74. The first-order valence-electron chi connectivity index (χ1n) is 5.71. The highest BCUT2D eigenvalue weighted by Crippen LogP contribution is 2.38. The Morgan fingerprint density at radius 3 is 2.80 bits per heavy atom. The summed E-state index contributed by atoms with van der Waals surface area (Å²) < 4.78 is 8.26. The average molecular weight is 225 g/mol. The van der Waals surface area contributed by atoms with Crippen LogP contribution in [0.2, 0.25) is 0 Å². The molecule has 4 heteroatoms. The second-order valence-electron chi connectivity index (χ2n) is 4.89. The highest BCUT2D eigenvalue weighted by Gasteiger charge is 2.29. The van der Waals surface area contributed by atoms with Gasteiger partial charge in [-0.2, -0.15) is 8.75 Å². The van der Waals surface area contributed by atoms with Crippen molar-refractivity contribution in [2.24, 2.45) is 23.5 Å². The lowest BCUT2D eigenvalue weighted by molar-refractivity contribution is 0.185. The molecule has 2 N–H and O–H groups in total. The first-order valence-corrected chi connectivity index (χ1v) is 6.44. The molecule has 1 aromatic heterocycles. The maximum Gasteiger partial charge on any atom is 0.0912 e. The van der Waals surface area contributed by atoms with E-state index in [4.69, 9.17) is 5.73 Å². The van der Waals surface area contributed by atoms with Crippen molar-refractivity contribution in [2.45, 2.75) is 39.2 Å². The van der Waals surface area contributed by atoms with Crippen LogP contribution in [0, 0.1) is 17.8 Å². The van der Waals surface area contributed by atoms with E-state index in [0.29, 0.717) is 5.92 Å². The van der Waals surface area contributed by atoms with Gasteiger partial charge in [-0.05, 0) is 30.6 Å². The van der Waals surface area contributed by atoms with Crippen LogP contribution >= 0.6 is 11.7 Å². The molecule has 3 nitrogen and oxygen atoms in total. The van der Waals surface area contributed by atoms with Gasteiger partial charge in [-0.1, -0.05) is 20.3 Å². The van der Waals surface area contributed by atoms with Crippen molar-refractivity contribution < 1.29 is 0 Å². The van der Waals surface area contributed by atoms with E-state index in [1.165, 1.54) is 31.0 Å². The Morgan fingerprint density at radius 1 is 1.40 bits per heavy atom. The van der Waals surface area contributed by atoms with Crippen molar-refractivity contribution in [3.63, 3.8) is 0 Å². The summed E-state index contributed by atoms with van der Waals surface area (Å²) in [6, 6.07) is 0.0960. The first-order chi connectivity index (χ1) is 7.18. The maximum atomic E-state index is 6.23. The molecule has 1 aliphatic rings. The lowest BCUT2D eigenvalue weighted by atomic mass is 9.73. The fourth-order valence-electron chi connectivity index (χ4n) is 2.48. The Balaban J connectivity index is 2.00. The standard InChI is InChI=1S/C11H19N3S/c1-7-3-4-9(5-8(7)2)11(12)10-6-13-15-14-10/h6-9,11H,3-5,12H2,1-2H3. The summed E-state index contributed by atoms with van der Waals surface area (Å²) in [6.45, 7) is 4.68. The molecule has 1 saturated carbocycles. The number of hydrogen-bond acceptors (Lipinski definition) is 4. The Bertz CT molecular complexity index is 299. The van der Waals surface area contributed by atoms with Gasteiger partial charge in [0.15, 0.2) is 0 Å². The smallest absolute Gasteiger partial charge is 0.0912 e. The molecule has 0 aromatic carbocycles. The zero-order valence-electron chi connectivity index (χ0n) is 9.39. The highest BCUT2D eigenvalue weighted by atomic mass is 32.1. The molecular weight excluding hydrogens is 206 g/mol. The van der Waals surface area contributed by atoms with Gasteiger partial charge in [0, 0.05) is 0 Å². The molecule has 0 aliphatic heterocycles. The minimum atomic E-state index is 0.0960. The van der Waals surface area contributed by atoms with Crippen LogP contribution in [0.3, 0.4) is 0 Å². The third-order valence-electron chi connectivity index (χ3n) is 3.87. The normalized spacial score (nSPS) is 33.9. The van der Waals surface area contributed by atoms with Crippen molar-refractivity contribution in [2.75, 3.05) is 0 Å². The van der Waals surface area contributed by atoms with Gasteiger partial charge < -0.3 is 5.73 Å². The zero-order valence-corrected chi connectivity index (χ0v) is 10.2. The van der Waals surface area contributed by atoms with E-state index in [-0.39, 0.29) is 6.04 Å². The zero-order chi connectivity index (χ0) is 10.8. The summed E-state index contributed by atoms with van der Waals surface area (Å²) in [5, 5.41) is 0. The number of nitrogens with two attached hydrogens (primary N) is 1. The van der Waals surface area contributed by atoms with E-state index >= 15 is 0 Å². The van der Waals surface area contributed by atoms with E-state index < -0.39 is 0 Å². The van der Waals surface area contributed by atoms with Crippen molar-refractivity contribution in [3.05, 3.63) is 11.9 Å². The van der Waals surface area contributed by atoms with Gasteiger partial charge in [0.1, 0.15) is 0 Å². The van der Waals surface area contributed by atoms with E-state index in [0.717, 1.165) is 17.5 Å². The lowest BCUT2D eigenvalue weighted by Crippen LogP contribution is -2.29. The number of nitrogens with zero attached hydrogens (tertiary/aromatic N) is 2. The molecule has 0 amide bonds. The van der Waals surface area contributed by atoms with Crippen molar-refractivity contribution in [1.82, 2.24) is 8.75 Å². The molecule has 0 bridgehead atoms. The molecule has 2 rings (SSSR count). The van der Waals surface area contributed by atoms with Crippen LogP contribution in [-0.4, -0.2) is 8.75 Å². The van der Waals surface area contributed by atoms with Crippen molar-refractivity contribution in [3.8, 4) is 0 Å². The van der Waals surface area contributed by atoms with Crippen LogP contribution in [0.25, 0.3) is 0 Å². The summed E-state index contributed by atoms with van der Waals surface area (Å²) in [5.74, 6) is 2.24. The van der Waals surface area contributed by atoms with Crippen LogP contribution in [0.1, 0.15) is 44.8 Å². The van der Waals surface area contributed by atoms with Crippen LogP contribution in [-0.2, 0) is 0 Å². The molecule has 4 atom stereocenters. The van der Waals surface area contributed by atoms with E-state index in [1.54, 1.807) is 0 Å². The second kappa shape index (κ2) is 4.58.